The van der Waals surface area contributed by atoms with E-state index in [1.54, 1.807) is 6.08 Å². The third-order valence-corrected chi connectivity index (χ3v) is 7.42. The number of hydrogen-bond donors (Lipinski definition) is 1. The van der Waals surface area contributed by atoms with Gasteiger partial charge in [0.15, 0.2) is 0 Å². The number of anilines is 1. The van der Waals surface area contributed by atoms with Gasteiger partial charge in [-0.05, 0) is 93.3 Å². The van der Waals surface area contributed by atoms with Crippen molar-refractivity contribution in [3.8, 4) is 5.69 Å². The first-order chi connectivity index (χ1) is 17.1. The van der Waals surface area contributed by atoms with Gasteiger partial charge in [-0.25, -0.2) is 0 Å². The SMILES string of the molecule is CCc1cccc(C)c1-n1c(C)cc(/C=C2\SC(=O)N(CC(=O)Nc3ccc(C)cc3C)C2=O)c1C. The van der Waals surface area contributed by atoms with Crippen LogP contribution in [0.3, 0.4) is 0 Å². The summed E-state index contributed by atoms with van der Waals surface area (Å²) >= 11 is 0.870. The van der Waals surface area contributed by atoms with Gasteiger partial charge >= 0.3 is 0 Å². The van der Waals surface area contributed by atoms with Gasteiger partial charge in [-0.1, -0.05) is 42.8 Å². The molecule has 0 bridgehead atoms. The molecule has 0 radical (unpaired) electrons. The third kappa shape index (κ3) is 4.88. The van der Waals surface area contributed by atoms with E-state index in [-0.39, 0.29) is 6.54 Å². The summed E-state index contributed by atoms with van der Waals surface area (Å²) in [4.78, 5) is 39.7. The lowest BCUT2D eigenvalue weighted by atomic mass is 10.1. The Balaban J connectivity index is 1.57. The molecule has 0 aliphatic carbocycles. The molecule has 4 rings (SSSR count). The lowest BCUT2D eigenvalue weighted by Crippen LogP contribution is -2.36. The van der Waals surface area contributed by atoms with Crippen molar-refractivity contribution in [2.45, 2.75) is 48.0 Å². The van der Waals surface area contributed by atoms with Gasteiger partial charge in [-0.2, -0.15) is 0 Å². The zero-order valence-corrected chi connectivity index (χ0v) is 22.4. The topological polar surface area (TPSA) is 71.4 Å². The zero-order chi connectivity index (χ0) is 26.1. The van der Waals surface area contributed by atoms with Crippen LogP contribution in [0.2, 0.25) is 0 Å². The minimum Gasteiger partial charge on any atom is -0.324 e. The van der Waals surface area contributed by atoms with Crippen molar-refractivity contribution in [3.05, 3.63) is 86.6 Å². The smallest absolute Gasteiger partial charge is 0.294 e. The predicted molar refractivity (Wildman–Crippen MR) is 147 cm³/mol. The summed E-state index contributed by atoms with van der Waals surface area (Å²) < 4.78 is 2.21. The number of rotatable bonds is 6. The lowest BCUT2D eigenvalue weighted by Gasteiger charge is -2.17. The fourth-order valence-electron chi connectivity index (χ4n) is 4.67. The quantitative estimate of drug-likeness (QED) is 0.405. The van der Waals surface area contributed by atoms with Crippen molar-refractivity contribution in [1.82, 2.24) is 9.47 Å². The average molecular weight is 502 g/mol. The molecule has 186 valence electrons. The number of carbonyl (C=O) groups is 3. The number of aromatic nitrogens is 1. The molecule has 7 heteroatoms. The van der Waals surface area contributed by atoms with Crippen LogP contribution in [0.25, 0.3) is 11.8 Å². The van der Waals surface area contributed by atoms with Crippen molar-refractivity contribution in [2.75, 3.05) is 11.9 Å². The number of imide groups is 1. The zero-order valence-electron chi connectivity index (χ0n) is 21.6. The summed E-state index contributed by atoms with van der Waals surface area (Å²) in [6, 6.07) is 14.0. The largest absolute Gasteiger partial charge is 0.324 e. The highest BCUT2D eigenvalue weighted by Gasteiger charge is 2.36. The summed E-state index contributed by atoms with van der Waals surface area (Å²) in [5.74, 6) is -0.856. The first-order valence-electron chi connectivity index (χ1n) is 12.0. The second-order valence-corrected chi connectivity index (χ2v) is 10.2. The van der Waals surface area contributed by atoms with Crippen molar-refractivity contribution in [2.24, 2.45) is 0 Å². The molecule has 0 unspecified atom stereocenters. The molecule has 1 aliphatic heterocycles. The van der Waals surface area contributed by atoms with Crippen LogP contribution in [-0.4, -0.2) is 33.1 Å². The number of hydrogen-bond acceptors (Lipinski definition) is 4. The molecule has 0 atom stereocenters. The van der Waals surface area contributed by atoms with Gasteiger partial charge in [-0.15, -0.1) is 0 Å². The highest BCUT2D eigenvalue weighted by Crippen LogP contribution is 2.34. The third-order valence-electron chi connectivity index (χ3n) is 6.51. The fraction of sp³-hybridized carbons (Fsp3) is 0.276. The van der Waals surface area contributed by atoms with E-state index in [1.807, 2.05) is 52.0 Å². The Hall–Kier alpha value is -3.58. The maximum Gasteiger partial charge on any atom is 0.294 e. The Bertz CT molecular complexity index is 1420. The van der Waals surface area contributed by atoms with Crippen molar-refractivity contribution in [1.29, 1.82) is 0 Å². The van der Waals surface area contributed by atoms with Gasteiger partial charge in [0, 0.05) is 17.1 Å². The van der Waals surface area contributed by atoms with Crippen LogP contribution in [-0.2, 0) is 16.0 Å². The van der Waals surface area contributed by atoms with E-state index in [0.717, 1.165) is 56.8 Å². The first-order valence-corrected chi connectivity index (χ1v) is 12.8. The van der Waals surface area contributed by atoms with Crippen molar-refractivity contribution in [3.63, 3.8) is 0 Å². The number of nitrogens with zero attached hydrogens (tertiary/aromatic N) is 2. The molecular weight excluding hydrogens is 470 g/mol. The van der Waals surface area contributed by atoms with E-state index in [2.05, 4.69) is 41.9 Å². The number of thioether (sulfide) groups is 1. The first kappa shape index (κ1) is 25.5. The molecule has 36 heavy (non-hydrogen) atoms. The van der Waals surface area contributed by atoms with E-state index in [0.29, 0.717) is 10.6 Å². The minimum absolute atomic E-state index is 0.320. The van der Waals surface area contributed by atoms with Gasteiger partial charge in [-0.3, -0.25) is 19.3 Å². The summed E-state index contributed by atoms with van der Waals surface area (Å²) in [7, 11) is 0. The maximum atomic E-state index is 13.1. The molecule has 0 saturated carbocycles. The number of nitrogens with one attached hydrogen (secondary N) is 1. The standard InChI is InChI=1S/C29H31N3O3S/c1-7-22-10-8-9-18(3)27(22)32-20(5)14-23(21(32)6)15-25-28(34)31(29(35)36-25)16-26(33)30-24-12-11-17(2)13-19(24)4/h8-15H,7,16H2,1-6H3,(H,30,33)/b25-15-. The number of para-hydroxylation sites is 1. The highest BCUT2D eigenvalue weighted by molar-refractivity contribution is 8.18. The van der Waals surface area contributed by atoms with E-state index in [1.165, 1.54) is 11.1 Å². The minimum atomic E-state index is -0.448. The second kappa shape index (κ2) is 10.2. The lowest BCUT2D eigenvalue weighted by molar-refractivity contribution is -0.127. The van der Waals surface area contributed by atoms with Gasteiger partial charge in [0.1, 0.15) is 6.54 Å². The van der Waals surface area contributed by atoms with Crippen LogP contribution in [0.1, 0.15) is 46.1 Å². The Labute approximate surface area is 216 Å². The molecule has 1 aromatic heterocycles. The van der Waals surface area contributed by atoms with Gasteiger partial charge < -0.3 is 9.88 Å². The molecule has 1 fully saturated rings. The van der Waals surface area contributed by atoms with E-state index in [4.69, 9.17) is 0 Å². The van der Waals surface area contributed by atoms with Crippen molar-refractivity contribution >= 4 is 40.6 Å². The summed E-state index contributed by atoms with van der Waals surface area (Å²) in [6.07, 6.45) is 2.67. The number of aryl methyl sites for hydroxylation is 5. The number of carbonyl (C=O) groups excluding carboxylic acids is 3. The van der Waals surface area contributed by atoms with Crippen LogP contribution >= 0.6 is 11.8 Å². The van der Waals surface area contributed by atoms with Crippen LogP contribution in [0.15, 0.2) is 47.4 Å². The molecular formula is C29H31N3O3S. The Morgan fingerprint density at radius 1 is 1.00 bits per heavy atom. The molecule has 2 aromatic carbocycles. The molecule has 6 nitrogen and oxygen atoms in total. The summed E-state index contributed by atoms with van der Waals surface area (Å²) in [5, 5.41) is 2.37. The molecule has 1 N–H and O–H groups in total. The van der Waals surface area contributed by atoms with Gasteiger partial charge in [0.05, 0.1) is 10.6 Å². The molecule has 2 heterocycles. The monoisotopic (exact) mass is 501 g/mol. The Morgan fingerprint density at radius 3 is 2.44 bits per heavy atom. The van der Waals surface area contributed by atoms with Crippen LogP contribution in [0.5, 0.6) is 0 Å². The summed E-state index contributed by atoms with van der Waals surface area (Å²) in [6.45, 7) is 11.9. The molecule has 3 aromatic rings. The molecule has 1 aliphatic rings. The second-order valence-electron chi connectivity index (χ2n) is 9.23. The van der Waals surface area contributed by atoms with Gasteiger partial charge in [0.25, 0.3) is 11.1 Å². The Kier molecular flexibility index (Phi) is 7.22. The van der Waals surface area contributed by atoms with Crippen LogP contribution in [0.4, 0.5) is 10.5 Å². The maximum absolute atomic E-state index is 13.1. The molecule has 1 saturated heterocycles. The fourth-order valence-corrected chi connectivity index (χ4v) is 5.50. The van der Waals surface area contributed by atoms with Crippen LogP contribution < -0.4 is 5.32 Å². The van der Waals surface area contributed by atoms with Crippen LogP contribution in [0, 0.1) is 34.6 Å². The summed E-state index contributed by atoms with van der Waals surface area (Å²) in [5.41, 5.74) is 9.20. The van der Waals surface area contributed by atoms with Gasteiger partial charge in [0.2, 0.25) is 5.91 Å². The van der Waals surface area contributed by atoms with E-state index in [9.17, 15) is 14.4 Å². The van der Waals surface area contributed by atoms with Crippen molar-refractivity contribution < 1.29 is 14.4 Å². The number of amides is 3. The average Bonchev–Trinajstić information content (AvgIpc) is 3.24. The van der Waals surface area contributed by atoms with E-state index >= 15 is 0 Å². The highest BCUT2D eigenvalue weighted by atomic mass is 32.2. The normalized spacial score (nSPS) is 14.7. The number of benzene rings is 2. The molecule has 0 spiro atoms. The Morgan fingerprint density at radius 2 is 1.75 bits per heavy atom. The predicted octanol–water partition coefficient (Wildman–Crippen LogP) is 6.26. The van der Waals surface area contributed by atoms with E-state index < -0.39 is 17.1 Å². The molecule has 3 amide bonds.